The summed E-state index contributed by atoms with van der Waals surface area (Å²) in [7, 11) is 1.52. The van der Waals surface area contributed by atoms with Crippen molar-refractivity contribution in [2.45, 2.75) is 39.7 Å². The molecular weight excluding hydrogens is 166 g/mol. The zero-order valence-electron chi connectivity index (χ0n) is 9.09. The number of rotatable bonds is 5. The fourth-order valence-corrected chi connectivity index (χ4v) is 1.37. The summed E-state index contributed by atoms with van der Waals surface area (Å²) in [4.78, 5) is 11.1. The minimum absolute atomic E-state index is 0.0392. The molecule has 78 valence electrons. The Kier molecular flexibility index (Phi) is 5.18. The predicted octanol–water partition coefficient (Wildman–Crippen LogP) is 1.36. The van der Waals surface area contributed by atoms with Gasteiger partial charge in [-0.15, -0.1) is 0 Å². The maximum absolute atomic E-state index is 11.1. The number of methoxy groups -OCH3 is 1. The van der Waals surface area contributed by atoms with E-state index in [2.05, 4.69) is 20.8 Å². The molecule has 3 nitrogen and oxygen atoms in total. The maximum atomic E-state index is 11.1. The van der Waals surface area contributed by atoms with Gasteiger partial charge >= 0.3 is 0 Å². The summed E-state index contributed by atoms with van der Waals surface area (Å²) in [5.74, 6) is 0.0826. The molecule has 0 aliphatic carbocycles. The van der Waals surface area contributed by atoms with Crippen molar-refractivity contribution in [3.05, 3.63) is 0 Å². The van der Waals surface area contributed by atoms with Gasteiger partial charge in [-0.3, -0.25) is 4.79 Å². The van der Waals surface area contributed by atoms with Crippen LogP contribution >= 0.6 is 0 Å². The molecule has 13 heavy (non-hydrogen) atoms. The van der Waals surface area contributed by atoms with Crippen molar-refractivity contribution in [1.29, 1.82) is 0 Å². The number of carbonyl (C=O) groups is 1. The molecule has 0 fully saturated rings. The van der Waals surface area contributed by atoms with Gasteiger partial charge in [0.2, 0.25) is 0 Å². The quantitative estimate of drug-likeness (QED) is 0.707. The zero-order valence-corrected chi connectivity index (χ0v) is 9.09. The molecule has 0 heterocycles. The average Bonchev–Trinajstić information content (AvgIpc) is 1.81. The van der Waals surface area contributed by atoms with Gasteiger partial charge < -0.3 is 10.5 Å². The summed E-state index contributed by atoms with van der Waals surface area (Å²) < 4.78 is 4.73. The van der Waals surface area contributed by atoms with Crippen LogP contribution in [-0.2, 0) is 9.53 Å². The van der Waals surface area contributed by atoms with Crippen LogP contribution in [0.5, 0.6) is 0 Å². The highest BCUT2D eigenvalue weighted by molar-refractivity contribution is 5.80. The second-order valence-corrected chi connectivity index (χ2v) is 4.70. The van der Waals surface area contributed by atoms with Gasteiger partial charge in [0.05, 0.1) is 0 Å². The Hall–Kier alpha value is -0.410. The van der Waals surface area contributed by atoms with E-state index in [1.165, 1.54) is 7.11 Å². The molecule has 0 saturated heterocycles. The lowest BCUT2D eigenvalue weighted by Gasteiger charge is -2.22. The molecule has 0 saturated carbocycles. The molecule has 0 radical (unpaired) electrons. The summed E-state index contributed by atoms with van der Waals surface area (Å²) in [6, 6.07) is -0.0392. The number of Topliss-reactive ketones (excluding diaryl/α,β-unsaturated/α-hetero) is 1. The summed E-state index contributed by atoms with van der Waals surface area (Å²) >= 11 is 0. The molecule has 0 aromatic heterocycles. The maximum Gasteiger partial charge on any atom is 0.159 e. The van der Waals surface area contributed by atoms with E-state index in [1.807, 2.05) is 0 Å². The van der Waals surface area contributed by atoms with Gasteiger partial charge in [-0.1, -0.05) is 20.8 Å². The molecule has 0 bridgehead atoms. The van der Waals surface area contributed by atoms with Gasteiger partial charge in [0.15, 0.2) is 5.78 Å². The molecule has 0 aromatic carbocycles. The van der Waals surface area contributed by atoms with E-state index < -0.39 is 0 Å². The normalized spacial score (nSPS) is 14.2. The number of hydrogen-bond acceptors (Lipinski definition) is 3. The first kappa shape index (κ1) is 12.6. The third kappa shape index (κ3) is 7.94. The first-order valence-corrected chi connectivity index (χ1v) is 4.61. The summed E-state index contributed by atoms with van der Waals surface area (Å²) in [6.07, 6.45) is 1.29. The molecule has 0 amide bonds. The topological polar surface area (TPSA) is 52.3 Å². The van der Waals surface area contributed by atoms with Gasteiger partial charge in [-0.25, -0.2) is 0 Å². The Balaban J connectivity index is 3.74. The number of nitrogens with two attached hydrogens (primary N) is 1. The van der Waals surface area contributed by atoms with E-state index in [9.17, 15) is 4.79 Å². The fraction of sp³-hybridized carbons (Fsp3) is 0.900. The highest BCUT2D eigenvalue weighted by atomic mass is 16.5. The summed E-state index contributed by atoms with van der Waals surface area (Å²) in [5, 5.41) is 0. The largest absolute Gasteiger partial charge is 0.377 e. The highest BCUT2D eigenvalue weighted by Gasteiger charge is 2.17. The monoisotopic (exact) mass is 187 g/mol. The molecule has 1 atom stereocenters. The first-order chi connectivity index (χ1) is 5.85. The average molecular weight is 187 g/mol. The third-order valence-corrected chi connectivity index (χ3v) is 1.67. The van der Waals surface area contributed by atoms with Gasteiger partial charge in [0.1, 0.15) is 6.61 Å². The molecule has 1 unspecified atom stereocenters. The van der Waals surface area contributed by atoms with Crippen LogP contribution in [0.15, 0.2) is 0 Å². The molecule has 0 aliphatic rings. The van der Waals surface area contributed by atoms with Crippen LogP contribution in [0, 0.1) is 5.41 Å². The van der Waals surface area contributed by atoms with Crippen molar-refractivity contribution in [3.8, 4) is 0 Å². The van der Waals surface area contributed by atoms with Crippen LogP contribution < -0.4 is 5.73 Å². The van der Waals surface area contributed by atoms with Gasteiger partial charge in [-0.05, 0) is 11.8 Å². The second-order valence-electron chi connectivity index (χ2n) is 4.70. The van der Waals surface area contributed by atoms with Gasteiger partial charge in [-0.2, -0.15) is 0 Å². The number of ketones is 1. The molecular formula is C10H21NO2. The molecule has 3 heteroatoms. The molecule has 2 N–H and O–H groups in total. The van der Waals surface area contributed by atoms with Crippen LogP contribution in [0.4, 0.5) is 0 Å². The van der Waals surface area contributed by atoms with Crippen molar-refractivity contribution in [2.75, 3.05) is 13.7 Å². The van der Waals surface area contributed by atoms with Crippen molar-refractivity contribution >= 4 is 5.78 Å². The number of carbonyl (C=O) groups excluding carboxylic acids is 1. The Labute approximate surface area is 80.6 Å². The molecule has 0 aliphatic heterocycles. The first-order valence-electron chi connectivity index (χ1n) is 4.61. The van der Waals surface area contributed by atoms with Crippen molar-refractivity contribution < 1.29 is 9.53 Å². The van der Waals surface area contributed by atoms with Gasteiger partial charge in [0, 0.05) is 19.6 Å². The number of ether oxygens (including phenoxy) is 1. The van der Waals surface area contributed by atoms with E-state index in [4.69, 9.17) is 10.5 Å². The second kappa shape index (κ2) is 5.35. The smallest absolute Gasteiger partial charge is 0.159 e. The fourth-order valence-electron chi connectivity index (χ4n) is 1.37. The van der Waals surface area contributed by atoms with Gasteiger partial charge in [0.25, 0.3) is 0 Å². The zero-order chi connectivity index (χ0) is 10.5. The van der Waals surface area contributed by atoms with Crippen LogP contribution in [0.25, 0.3) is 0 Å². The molecule has 0 rings (SSSR count). The minimum atomic E-state index is -0.0392. The Morgan fingerprint density at radius 3 is 2.38 bits per heavy atom. The van der Waals surface area contributed by atoms with Crippen molar-refractivity contribution in [3.63, 3.8) is 0 Å². The van der Waals surface area contributed by atoms with E-state index in [1.54, 1.807) is 0 Å². The highest BCUT2D eigenvalue weighted by Crippen LogP contribution is 2.20. The van der Waals surface area contributed by atoms with Crippen LogP contribution in [0.1, 0.15) is 33.6 Å². The Morgan fingerprint density at radius 1 is 1.46 bits per heavy atom. The Bertz CT molecular complexity index is 161. The molecule has 0 spiro atoms. The van der Waals surface area contributed by atoms with E-state index in [0.29, 0.717) is 6.42 Å². The predicted molar refractivity (Wildman–Crippen MR) is 53.5 cm³/mol. The van der Waals surface area contributed by atoms with Crippen molar-refractivity contribution in [2.24, 2.45) is 11.1 Å². The summed E-state index contributed by atoms with van der Waals surface area (Å²) in [6.45, 7) is 6.53. The third-order valence-electron chi connectivity index (χ3n) is 1.67. The van der Waals surface area contributed by atoms with Crippen molar-refractivity contribution in [1.82, 2.24) is 0 Å². The summed E-state index contributed by atoms with van der Waals surface area (Å²) in [5.41, 5.74) is 6.00. The van der Waals surface area contributed by atoms with Crippen LogP contribution in [0.2, 0.25) is 0 Å². The number of hydrogen-bond donors (Lipinski definition) is 1. The van der Waals surface area contributed by atoms with Crippen LogP contribution in [0.3, 0.4) is 0 Å². The SMILES string of the molecule is COCC(=O)CC(N)CC(C)(C)C. The standard InChI is InChI=1S/C10H21NO2/c1-10(2,3)6-8(11)5-9(12)7-13-4/h8H,5-7,11H2,1-4H3. The molecule has 0 aromatic rings. The lowest BCUT2D eigenvalue weighted by Crippen LogP contribution is -2.30. The van der Waals surface area contributed by atoms with E-state index in [0.717, 1.165) is 6.42 Å². The Morgan fingerprint density at radius 2 is 2.00 bits per heavy atom. The lowest BCUT2D eigenvalue weighted by molar-refractivity contribution is -0.123. The minimum Gasteiger partial charge on any atom is -0.377 e. The van der Waals surface area contributed by atoms with E-state index in [-0.39, 0.29) is 23.8 Å². The van der Waals surface area contributed by atoms with E-state index >= 15 is 0 Å². The van der Waals surface area contributed by atoms with Crippen LogP contribution in [-0.4, -0.2) is 25.5 Å². The lowest BCUT2D eigenvalue weighted by atomic mass is 9.87.